The molecule has 2 rings (SSSR count). The van der Waals surface area contributed by atoms with Gasteiger partial charge in [-0.3, -0.25) is 0 Å². The molecule has 0 saturated heterocycles. The smallest absolute Gasteiger partial charge is 0.0133 e. The van der Waals surface area contributed by atoms with Gasteiger partial charge in [0, 0.05) is 0 Å². The molecule has 0 N–H and O–H groups in total. The van der Waals surface area contributed by atoms with Crippen LogP contribution in [0, 0.1) is 12.8 Å². The molecule has 1 fully saturated rings. The van der Waals surface area contributed by atoms with E-state index in [-0.39, 0.29) is 0 Å². The molecular weight excluding hydrogens is 216 g/mol. The van der Waals surface area contributed by atoms with E-state index in [4.69, 9.17) is 0 Å². The average Bonchev–Trinajstić information content (AvgIpc) is 2.41. The zero-order valence-electron chi connectivity index (χ0n) is 12.3. The van der Waals surface area contributed by atoms with Crippen molar-refractivity contribution >= 4 is 0 Å². The normalized spacial score (nSPS) is 18.8. The summed E-state index contributed by atoms with van der Waals surface area (Å²) in [4.78, 5) is 0. The van der Waals surface area contributed by atoms with E-state index in [2.05, 4.69) is 39.0 Å². The van der Waals surface area contributed by atoms with Crippen LogP contribution in [0.2, 0.25) is 0 Å². The van der Waals surface area contributed by atoms with Crippen LogP contribution in [-0.2, 0) is 6.42 Å². The third-order valence-electron chi connectivity index (χ3n) is 4.86. The van der Waals surface area contributed by atoms with Gasteiger partial charge in [-0.2, -0.15) is 0 Å². The van der Waals surface area contributed by atoms with Crippen LogP contribution in [0.1, 0.15) is 75.0 Å². The van der Waals surface area contributed by atoms with E-state index in [9.17, 15) is 0 Å². The predicted octanol–water partition coefficient (Wildman–Crippen LogP) is 5.63. The van der Waals surface area contributed by atoms with Crippen molar-refractivity contribution in [1.82, 2.24) is 0 Å². The quantitative estimate of drug-likeness (QED) is 0.643. The molecule has 1 aromatic carbocycles. The molecule has 1 aliphatic rings. The second-order valence-corrected chi connectivity index (χ2v) is 5.91. The second-order valence-electron chi connectivity index (χ2n) is 5.91. The zero-order valence-corrected chi connectivity index (χ0v) is 12.3. The van der Waals surface area contributed by atoms with Crippen molar-refractivity contribution < 1.29 is 0 Å². The first-order chi connectivity index (χ1) is 8.77. The van der Waals surface area contributed by atoms with E-state index in [1.165, 1.54) is 50.5 Å². The van der Waals surface area contributed by atoms with Crippen LogP contribution in [0.25, 0.3) is 0 Å². The molecular formula is C18H28. The van der Waals surface area contributed by atoms with E-state index in [1.54, 1.807) is 11.1 Å². The third-order valence-corrected chi connectivity index (χ3v) is 4.86. The molecule has 0 radical (unpaired) electrons. The zero-order chi connectivity index (χ0) is 13.0. The molecule has 1 atom stereocenters. The summed E-state index contributed by atoms with van der Waals surface area (Å²) in [6.45, 7) is 6.95. The monoisotopic (exact) mass is 244 g/mol. The van der Waals surface area contributed by atoms with Crippen molar-refractivity contribution in [2.75, 3.05) is 0 Å². The maximum Gasteiger partial charge on any atom is -0.0133 e. The molecule has 0 aromatic heterocycles. The largest absolute Gasteiger partial charge is 0.0648 e. The minimum absolute atomic E-state index is 0.806. The summed E-state index contributed by atoms with van der Waals surface area (Å²) < 4.78 is 0. The van der Waals surface area contributed by atoms with Crippen LogP contribution < -0.4 is 0 Å². The third kappa shape index (κ3) is 2.79. The van der Waals surface area contributed by atoms with Crippen LogP contribution >= 0.6 is 0 Å². The van der Waals surface area contributed by atoms with Gasteiger partial charge in [0.2, 0.25) is 0 Å². The fraction of sp³-hybridized carbons (Fsp3) is 0.667. The molecule has 0 heteroatoms. The molecule has 18 heavy (non-hydrogen) atoms. The minimum Gasteiger partial charge on any atom is -0.0648 e. The van der Waals surface area contributed by atoms with Crippen molar-refractivity contribution in [3.05, 3.63) is 34.9 Å². The Labute approximate surface area is 113 Å². The Morgan fingerprint density at radius 2 is 1.83 bits per heavy atom. The number of hydrogen-bond donors (Lipinski definition) is 0. The standard InChI is InChI=1S/C18H28/c1-4-16-14(3)10-9-13-18(16)17(5-2)15-11-7-6-8-12-15/h9-10,13,15,17H,4-8,11-12H2,1-3H3. The molecule has 1 unspecified atom stereocenters. The van der Waals surface area contributed by atoms with Crippen LogP contribution in [0.15, 0.2) is 18.2 Å². The van der Waals surface area contributed by atoms with E-state index in [0.29, 0.717) is 0 Å². The Morgan fingerprint density at radius 3 is 2.44 bits per heavy atom. The Kier molecular flexibility index (Phi) is 4.86. The molecule has 100 valence electrons. The van der Waals surface area contributed by atoms with E-state index >= 15 is 0 Å². The summed E-state index contributed by atoms with van der Waals surface area (Å²) >= 11 is 0. The van der Waals surface area contributed by atoms with Crippen LogP contribution in [0.5, 0.6) is 0 Å². The van der Waals surface area contributed by atoms with Crippen molar-refractivity contribution in [3.8, 4) is 0 Å². The van der Waals surface area contributed by atoms with Crippen LogP contribution in [0.3, 0.4) is 0 Å². The molecule has 0 spiro atoms. The first kappa shape index (κ1) is 13.6. The average molecular weight is 244 g/mol. The lowest BCUT2D eigenvalue weighted by atomic mass is 9.74. The topological polar surface area (TPSA) is 0 Å². The van der Waals surface area contributed by atoms with Gasteiger partial charge >= 0.3 is 0 Å². The summed E-state index contributed by atoms with van der Waals surface area (Å²) in [5.41, 5.74) is 4.77. The predicted molar refractivity (Wildman–Crippen MR) is 80.2 cm³/mol. The molecule has 1 aromatic rings. The van der Waals surface area contributed by atoms with Gasteiger partial charge in [-0.25, -0.2) is 0 Å². The van der Waals surface area contributed by atoms with Gasteiger partial charge in [-0.1, -0.05) is 51.3 Å². The molecule has 0 aliphatic heterocycles. The summed E-state index contributed by atoms with van der Waals surface area (Å²) in [5, 5.41) is 0. The summed E-state index contributed by atoms with van der Waals surface area (Å²) in [6, 6.07) is 6.93. The van der Waals surface area contributed by atoms with Gasteiger partial charge < -0.3 is 0 Å². The van der Waals surface area contributed by atoms with Crippen molar-refractivity contribution in [2.24, 2.45) is 5.92 Å². The fourth-order valence-corrected chi connectivity index (χ4v) is 3.90. The first-order valence-electron chi connectivity index (χ1n) is 7.86. The summed E-state index contributed by atoms with van der Waals surface area (Å²) in [7, 11) is 0. The van der Waals surface area contributed by atoms with E-state index < -0.39 is 0 Å². The minimum atomic E-state index is 0.806. The highest BCUT2D eigenvalue weighted by Gasteiger charge is 2.25. The highest BCUT2D eigenvalue weighted by atomic mass is 14.3. The Bertz CT molecular complexity index is 372. The lowest BCUT2D eigenvalue weighted by Crippen LogP contribution is -2.17. The number of rotatable bonds is 4. The second kappa shape index (κ2) is 6.41. The van der Waals surface area contributed by atoms with Gasteiger partial charge in [-0.05, 0) is 61.1 Å². The molecule has 0 heterocycles. The van der Waals surface area contributed by atoms with Gasteiger partial charge in [-0.15, -0.1) is 0 Å². The maximum absolute atomic E-state index is 2.40. The summed E-state index contributed by atoms with van der Waals surface area (Å²) in [6.07, 6.45) is 9.77. The lowest BCUT2D eigenvalue weighted by Gasteiger charge is -2.31. The van der Waals surface area contributed by atoms with Gasteiger partial charge in [0.05, 0.1) is 0 Å². The highest BCUT2D eigenvalue weighted by Crippen LogP contribution is 2.39. The maximum atomic E-state index is 2.40. The highest BCUT2D eigenvalue weighted by molar-refractivity contribution is 5.37. The number of aryl methyl sites for hydroxylation is 1. The molecule has 0 nitrogen and oxygen atoms in total. The molecule has 0 bridgehead atoms. The number of benzene rings is 1. The lowest BCUT2D eigenvalue weighted by molar-refractivity contribution is 0.298. The van der Waals surface area contributed by atoms with Crippen molar-refractivity contribution in [1.29, 1.82) is 0 Å². The van der Waals surface area contributed by atoms with Gasteiger partial charge in [0.1, 0.15) is 0 Å². The Balaban J connectivity index is 2.28. The van der Waals surface area contributed by atoms with E-state index in [1.807, 2.05) is 0 Å². The van der Waals surface area contributed by atoms with Crippen molar-refractivity contribution in [2.45, 2.75) is 71.6 Å². The molecule has 0 amide bonds. The molecule has 1 saturated carbocycles. The van der Waals surface area contributed by atoms with Crippen molar-refractivity contribution in [3.63, 3.8) is 0 Å². The Hall–Kier alpha value is -0.780. The fourth-order valence-electron chi connectivity index (χ4n) is 3.90. The number of hydrogen-bond acceptors (Lipinski definition) is 0. The van der Waals surface area contributed by atoms with E-state index in [0.717, 1.165) is 11.8 Å². The Morgan fingerprint density at radius 1 is 1.11 bits per heavy atom. The SMILES string of the molecule is CCc1c(C)cccc1C(CC)C1CCCCC1. The first-order valence-corrected chi connectivity index (χ1v) is 7.86. The van der Waals surface area contributed by atoms with Gasteiger partial charge in [0.15, 0.2) is 0 Å². The van der Waals surface area contributed by atoms with Crippen LogP contribution in [-0.4, -0.2) is 0 Å². The van der Waals surface area contributed by atoms with Gasteiger partial charge in [0.25, 0.3) is 0 Å². The summed E-state index contributed by atoms with van der Waals surface area (Å²) in [5.74, 6) is 1.75. The molecule has 1 aliphatic carbocycles. The van der Waals surface area contributed by atoms with Crippen LogP contribution in [0.4, 0.5) is 0 Å².